The lowest BCUT2D eigenvalue weighted by molar-refractivity contribution is -0.161. The number of rotatable bonds is 54. The van der Waals surface area contributed by atoms with Gasteiger partial charge in [-0.2, -0.15) is 0 Å². The lowest BCUT2D eigenvalue weighted by Gasteiger charge is -2.21. The van der Waals surface area contributed by atoms with E-state index in [4.69, 9.17) is 23.3 Å². The second kappa shape index (κ2) is 55.9. The molecule has 0 aliphatic carbocycles. The number of esters is 3. The molecule has 0 heterocycles. The summed E-state index contributed by atoms with van der Waals surface area (Å²) in [5.74, 6) is -1.56. The number of carbonyl (C=O) groups is 3. The van der Waals surface area contributed by atoms with E-state index in [1.807, 2.05) is 12.2 Å². The van der Waals surface area contributed by atoms with Gasteiger partial charge in [0, 0.05) is 19.3 Å². The standard InChI is InChI=1S/C62H107O11P/c1-4-7-10-13-16-19-22-25-27-28-29-30-32-35-38-41-44-47-50-53-62(66)73-59(55-69-60(64)51-48-45-42-39-36-34-31-26-23-20-17-14-11-8-5-2)57-71-74(67,68)70-56-58(54-63)72-61(65)52-49-46-43-40-37-33-24-21-18-15-12-9-6-3/h9,12,16,18-19,21,25-27,31,33,37,43,46,58-59,63H,4-8,10-11,13-15,17,20,22-24,28-30,32,34-36,38-42,44-45,47-57H2,1-3H3,(H,67,68)/b12-9-,19-16-,21-18-,27-25-,31-26-,37-33-,46-43-. The Morgan fingerprint density at radius 3 is 1.20 bits per heavy atom. The lowest BCUT2D eigenvalue weighted by atomic mass is 10.1. The van der Waals surface area contributed by atoms with Gasteiger partial charge in [0.25, 0.3) is 0 Å². The highest BCUT2D eigenvalue weighted by molar-refractivity contribution is 7.47. The molecule has 426 valence electrons. The minimum atomic E-state index is -4.77. The minimum Gasteiger partial charge on any atom is -0.462 e. The summed E-state index contributed by atoms with van der Waals surface area (Å²) < 4.78 is 39.4. The number of phosphoric ester groups is 1. The van der Waals surface area contributed by atoms with Crippen molar-refractivity contribution in [3.05, 3.63) is 85.1 Å². The molecule has 0 fully saturated rings. The smallest absolute Gasteiger partial charge is 0.462 e. The molecular weight excluding hydrogens is 952 g/mol. The van der Waals surface area contributed by atoms with Crippen molar-refractivity contribution in [3.63, 3.8) is 0 Å². The molecular formula is C62H107O11P. The van der Waals surface area contributed by atoms with E-state index < -0.39 is 57.8 Å². The first-order valence-electron chi connectivity index (χ1n) is 29.5. The first-order valence-corrected chi connectivity index (χ1v) is 31.0. The highest BCUT2D eigenvalue weighted by atomic mass is 31.2. The van der Waals surface area contributed by atoms with Gasteiger partial charge in [0.1, 0.15) is 12.7 Å². The largest absolute Gasteiger partial charge is 0.472 e. The average Bonchev–Trinajstić information content (AvgIpc) is 3.39. The van der Waals surface area contributed by atoms with Crippen LogP contribution < -0.4 is 0 Å². The second-order valence-electron chi connectivity index (χ2n) is 19.4. The van der Waals surface area contributed by atoms with Gasteiger partial charge in [-0.15, -0.1) is 0 Å². The quantitative estimate of drug-likeness (QED) is 0.0197. The van der Waals surface area contributed by atoms with Crippen LogP contribution in [0.3, 0.4) is 0 Å². The van der Waals surface area contributed by atoms with E-state index in [1.54, 1.807) is 0 Å². The van der Waals surface area contributed by atoms with E-state index in [1.165, 1.54) is 96.3 Å². The summed E-state index contributed by atoms with van der Waals surface area (Å²) in [5, 5.41) is 9.79. The molecule has 0 amide bonds. The maximum atomic E-state index is 12.9. The van der Waals surface area contributed by atoms with Gasteiger partial charge in [0.05, 0.1) is 19.8 Å². The number of aliphatic hydroxyl groups is 1. The highest BCUT2D eigenvalue weighted by Crippen LogP contribution is 2.43. The summed E-state index contributed by atoms with van der Waals surface area (Å²) in [6.07, 6.45) is 64.1. The monoisotopic (exact) mass is 1060 g/mol. The molecule has 0 spiro atoms. The number of allylic oxidation sites excluding steroid dienone is 14. The Labute approximate surface area is 451 Å². The predicted molar refractivity (Wildman–Crippen MR) is 307 cm³/mol. The van der Waals surface area contributed by atoms with E-state index >= 15 is 0 Å². The van der Waals surface area contributed by atoms with Crippen molar-refractivity contribution in [2.45, 2.75) is 264 Å². The van der Waals surface area contributed by atoms with Gasteiger partial charge in [-0.1, -0.05) is 215 Å². The third kappa shape index (κ3) is 53.5. The summed E-state index contributed by atoms with van der Waals surface area (Å²) >= 11 is 0. The fourth-order valence-corrected chi connectivity index (χ4v) is 8.59. The van der Waals surface area contributed by atoms with Gasteiger partial charge in [-0.05, 0) is 103 Å². The molecule has 11 nitrogen and oxygen atoms in total. The average molecular weight is 1060 g/mol. The summed E-state index contributed by atoms with van der Waals surface area (Å²) in [6, 6.07) is 0. The molecule has 0 aromatic rings. The molecule has 0 rings (SSSR count). The molecule has 0 bridgehead atoms. The zero-order valence-electron chi connectivity index (χ0n) is 47.0. The van der Waals surface area contributed by atoms with Crippen molar-refractivity contribution in [3.8, 4) is 0 Å². The van der Waals surface area contributed by atoms with Crippen molar-refractivity contribution in [2.24, 2.45) is 0 Å². The number of phosphoric acid groups is 1. The third-order valence-electron chi connectivity index (χ3n) is 12.3. The topological polar surface area (TPSA) is 155 Å². The van der Waals surface area contributed by atoms with Crippen molar-refractivity contribution in [2.75, 3.05) is 26.4 Å². The molecule has 0 saturated heterocycles. The highest BCUT2D eigenvalue weighted by Gasteiger charge is 2.28. The zero-order chi connectivity index (χ0) is 54.1. The van der Waals surface area contributed by atoms with Crippen LogP contribution >= 0.6 is 7.82 Å². The minimum absolute atomic E-state index is 0.0531. The van der Waals surface area contributed by atoms with Crippen LogP contribution in [0.15, 0.2) is 85.1 Å². The summed E-state index contributed by atoms with van der Waals surface area (Å²) in [4.78, 5) is 48.5. The Balaban J connectivity index is 4.79. The van der Waals surface area contributed by atoms with Crippen LogP contribution in [0.1, 0.15) is 252 Å². The summed E-state index contributed by atoms with van der Waals surface area (Å²) in [6.45, 7) is 4.41. The molecule has 2 N–H and O–H groups in total. The van der Waals surface area contributed by atoms with Crippen LogP contribution in [-0.4, -0.2) is 66.5 Å². The van der Waals surface area contributed by atoms with Crippen LogP contribution in [0.2, 0.25) is 0 Å². The lowest BCUT2D eigenvalue weighted by Crippen LogP contribution is -2.30. The van der Waals surface area contributed by atoms with Gasteiger partial charge in [-0.3, -0.25) is 23.4 Å². The van der Waals surface area contributed by atoms with Crippen molar-refractivity contribution < 1.29 is 52.2 Å². The fraction of sp³-hybridized carbons (Fsp3) is 0.726. The van der Waals surface area contributed by atoms with Crippen LogP contribution in [0.5, 0.6) is 0 Å². The fourth-order valence-electron chi connectivity index (χ4n) is 7.81. The number of hydrogen-bond donors (Lipinski definition) is 2. The van der Waals surface area contributed by atoms with Crippen LogP contribution in [0.25, 0.3) is 0 Å². The van der Waals surface area contributed by atoms with E-state index in [-0.39, 0.29) is 25.9 Å². The van der Waals surface area contributed by atoms with Gasteiger partial charge < -0.3 is 24.2 Å². The van der Waals surface area contributed by atoms with Crippen molar-refractivity contribution in [1.82, 2.24) is 0 Å². The zero-order valence-corrected chi connectivity index (χ0v) is 47.9. The normalized spacial score (nSPS) is 14.0. The maximum absolute atomic E-state index is 12.9. The third-order valence-corrected chi connectivity index (χ3v) is 13.2. The molecule has 0 aliphatic rings. The van der Waals surface area contributed by atoms with Gasteiger partial charge >= 0.3 is 25.7 Å². The van der Waals surface area contributed by atoms with Gasteiger partial charge in [0.2, 0.25) is 0 Å². The van der Waals surface area contributed by atoms with Crippen LogP contribution in [0.4, 0.5) is 0 Å². The molecule has 0 aliphatic heterocycles. The van der Waals surface area contributed by atoms with Crippen molar-refractivity contribution >= 4 is 25.7 Å². The molecule has 74 heavy (non-hydrogen) atoms. The van der Waals surface area contributed by atoms with E-state index in [2.05, 4.69) is 93.7 Å². The van der Waals surface area contributed by atoms with Crippen molar-refractivity contribution in [1.29, 1.82) is 0 Å². The first-order chi connectivity index (χ1) is 36.2. The van der Waals surface area contributed by atoms with Crippen LogP contribution in [0, 0.1) is 0 Å². The number of aliphatic hydroxyl groups excluding tert-OH is 1. The molecule has 12 heteroatoms. The van der Waals surface area contributed by atoms with E-state index in [0.717, 1.165) is 96.3 Å². The summed E-state index contributed by atoms with van der Waals surface area (Å²) in [5.41, 5.74) is 0. The molecule has 3 atom stereocenters. The number of unbranched alkanes of at least 4 members (excludes halogenated alkanes) is 23. The van der Waals surface area contributed by atoms with Gasteiger partial charge in [0.15, 0.2) is 6.10 Å². The van der Waals surface area contributed by atoms with Crippen LogP contribution in [-0.2, 0) is 42.2 Å². The second-order valence-corrected chi connectivity index (χ2v) is 20.9. The SMILES string of the molecule is CC/C=C\C/C=C\C/C=C\C/C=C\CCC(=O)OC(CO)COP(=O)(O)OCC(COC(=O)CCCCCCC/C=C\CCCCCCCC)OC(=O)CCCCCCCCCCC/C=C\C/C=C\CCCCC. The molecule has 0 aromatic carbocycles. The molecule has 0 saturated carbocycles. The summed E-state index contributed by atoms with van der Waals surface area (Å²) in [7, 11) is -4.77. The number of carbonyl (C=O) groups excluding carboxylic acids is 3. The Morgan fingerprint density at radius 1 is 0.392 bits per heavy atom. The Morgan fingerprint density at radius 2 is 0.730 bits per heavy atom. The first kappa shape index (κ1) is 70.7. The molecule has 3 unspecified atom stereocenters. The van der Waals surface area contributed by atoms with E-state index in [9.17, 15) is 28.9 Å². The predicted octanol–water partition coefficient (Wildman–Crippen LogP) is 17.5. The number of hydrogen-bond acceptors (Lipinski definition) is 10. The Bertz CT molecular complexity index is 1560. The molecule has 0 radical (unpaired) electrons. The Hall–Kier alpha value is -3.34. The van der Waals surface area contributed by atoms with Gasteiger partial charge in [-0.25, -0.2) is 4.57 Å². The molecule has 0 aromatic heterocycles. The number of ether oxygens (including phenoxy) is 3. The maximum Gasteiger partial charge on any atom is 0.472 e. The Kier molecular flexibility index (Phi) is 53.4. The van der Waals surface area contributed by atoms with E-state index in [0.29, 0.717) is 19.3 Å².